The van der Waals surface area contributed by atoms with Gasteiger partial charge in [-0.15, -0.1) is 11.3 Å². The molecule has 0 radical (unpaired) electrons. The minimum absolute atomic E-state index is 0.176. The normalized spacial score (nSPS) is 10.7. The maximum Gasteiger partial charge on any atom is 0.349 e. The fraction of sp³-hybridized carbons (Fsp3) is 0.133. The second-order valence-corrected chi connectivity index (χ2v) is 6.58. The Bertz CT molecular complexity index is 1030. The molecule has 0 atom stereocenters. The number of amides is 1. The fourth-order valence-electron chi connectivity index (χ4n) is 2.25. The van der Waals surface area contributed by atoms with Crippen molar-refractivity contribution >= 4 is 56.3 Å². The number of rotatable bonds is 5. The van der Waals surface area contributed by atoms with Crippen LogP contribution in [0, 0.1) is 10.1 Å². The average Bonchev–Trinajstić information content (AvgIpc) is 3.19. The summed E-state index contributed by atoms with van der Waals surface area (Å²) in [5, 5.41) is 18.0. The molecule has 0 fully saturated rings. The molecule has 0 saturated carbocycles. The van der Waals surface area contributed by atoms with Gasteiger partial charge in [0.05, 0.1) is 17.1 Å². The highest BCUT2D eigenvalue weighted by atomic mass is 35.5. The topological polar surface area (TPSA) is 116 Å². The van der Waals surface area contributed by atoms with Crippen molar-refractivity contribution in [1.29, 1.82) is 0 Å². The molecule has 0 bridgehead atoms. The van der Waals surface area contributed by atoms with Gasteiger partial charge in [0.15, 0.2) is 0 Å². The number of fused-ring (bicyclic) bond motifs is 1. The van der Waals surface area contributed by atoms with E-state index in [1.165, 1.54) is 18.0 Å². The monoisotopic (exact) mass is 394 g/mol. The summed E-state index contributed by atoms with van der Waals surface area (Å²) in [6.45, 7) is -0.176. The molecule has 0 unspecified atom stereocenters. The lowest BCUT2D eigenvalue weighted by Gasteiger charge is -2.05. The van der Waals surface area contributed by atoms with Gasteiger partial charge in [0, 0.05) is 15.8 Å². The van der Waals surface area contributed by atoms with E-state index in [9.17, 15) is 19.7 Å². The van der Waals surface area contributed by atoms with Gasteiger partial charge in [-0.2, -0.15) is 5.10 Å². The number of anilines is 1. The Morgan fingerprint density at radius 3 is 2.88 bits per heavy atom. The molecule has 26 heavy (non-hydrogen) atoms. The first kappa shape index (κ1) is 17.8. The van der Waals surface area contributed by atoms with Crippen LogP contribution in [0.4, 0.5) is 11.4 Å². The van der Waals surface area contributed by atoms with Crippen molar-refractivity contribution in [3.8, 4) is 0 Å². The number of aromatic nitrogens is 2. The fourth-order valence-corrected chi connectivity index (χ4v) is 3.71. The molecule has 11 heteroatoms. The van der Waals surface area contributed by atoms with Gasteiger partial charge < -0.3 is 10.1 Å². The summed E-state index contributed by atoms with van der Waals surface area (Å²) in [6.07, 6.45) is 2.24. The van der Waals surface area contributed by atoms with E-state index >= 15 is 0 Å². The van der Waals surface area contributed by atoms with E-state index in [2.05, 4.69) is 15.2 Å². The summed E-state index contributed by atoms with van der Waals surface area (Å²) in [7, 11) is 1.27. The van der Waals surface area contributed by atoms with Crippen LogP contribution in [0.2, 0.25) is 5.02 Å². The molecule has 0 aliphatic heterocycles. The molecule has 1 aromatic carbocycles. The van der Waals surface area contributed by atoms with Crippen LogP contribution in [0.15, 0.2) is 30.6 Å². The largest absolute Gasteiger partial charge is 0.465 e. The maximum absolute atomic E-state index is 12.1. The summed E-state index contributed by atoms with van der Waals surface area (Å²) in [6, 6.07) is 5.02. The van der Waals surface area contributed by atoms with Gasteiger partial charge in [-0.25, -0.2) is 4.79 Å². The summed E-state index contributed by atoms with van der Waals surface area (Å²) in [5.41, 5.74) is 0.307. The smallest absolute Gasteiger partial charge is 0.349 e. The summed E-state index contributed by atoms with van der Waals surface area (Å²) in [4.78, 5) is 34.1. The number of nitrogens with one attached hydrogen (secondary N) is 1. The van der Waals surface area contributed by atoms with E-state index in [-0.39, 0.29) is 17.1 Å². The van der Waals surface area contributed by atoms with Crippen LogP contribution in [-0.4, -0.2) is 33.7 Å². The number of hydrogen-bond donors (Lipinski definition) is 1. The minimum Gasteiger partial charge on any atom is -0.465 e. The van der Waals surface area contributed by atoms with Crippen molar-refractivity contribution in [3.05, 3.63) is 50.6 Å². The Balaban J connectivity index is 1.76. The lowest BCUT2D eigenvalue weighted by molar-refractivity contribution is -0.385. The van der Waals surface area contributed by atoms with E-state index in [4.69, 9.17) is 11.6 Å². The second kappa shape index (κ2) is 7.10. The summed E-state index contributed by atoms with van der Waals surface area (Å²) in [5.74, 6) is -0.930. The molecule has 0 aliphatic rings. The van der Waals surface area contributed by atoms with Crippen LogP contribution in [0.1, 0.15) is 9.67 Å². The Labute approximate surface area is 155 Å². The van der Waals surface area contributed by atoms with Crippen LogP contribution in [-0.2, 0) is 16.1 Å². The molecular weight excluding hydrogens is 384 g/mol. The highest BCUT2D eigenvalue weighted by molar-refractivity contribution is 7.21. The van der Waals surface area contributed by atoms with E-state index in [1.54, 1.807) is 18.2 Å². The quantitative estimate of drug-likeness (QED) is 0.403. The number of benzene rings is 1. The third-order valence-electron chi connectivity index (χ3n) is 3.42. The number of carbonyl (C=O) groups excluding carboxylic acids is 2. The van der Waals surface area contributed by atoms with Crippen LogP contribution < -0.4 is 5.32 Å². The van der Waals surface area contributed by atoms with Crippen LogP contribution in [0.25, 0.3) is 10.1 Å². The van der Waals surface area contributed by atoms with Gasteiger partial charge in [-0.05, 0) is 18.2 Å². The first-order chi connectivity index (χ1) is 12.4. The molecule has 0 spiro atoms. The van der Waals surface area contributed by atoms with Crippen molar-refractivity contribution < 1.29 is 19.2 Å². The molecule has 3 rings (SSSR count). The molecule has 2 aromatic heterocycles. The van der Waals surface area contributed by atoms with Crippen molar-refractivity contribution in [2.75, 3.05) is 12.4 Å². The first-order valence-corrected chi connectivity index (χ1v) is 8.35. The van der Waals surface area contributed by atoms with Crippen LogP contribution in [0.3, 0.4) is 0 Å². The number of hydrogen-bond acceptors (Lipinski definition) is 7. The predicted molar refractivity (Wildman–Crippen MR) is 95.7 cm³/mol. The van der Waals surface area contributed by atoms with Gasteiger partial charge in [-0.3, -0.25) is 19.6 Å². The van der Waals surface area contributed by atoms with E-state index in [1.807, 2.05) is 0 Å². The average molecular weight is 395 g/mol. The summed E-state index contributed by atoms with van der Waals surface area (Å²) >= 11 is 7.34. The zero-order valence-corrected chi connectivity index (χ0v) is 14.8. The number of methoxy groups -OCH3 is 1. The Morgan fingerprint density at radius 1 is 1.46 bits per heavy atom. The SMILES string of the molecule is COC(=O)c1sc2cc(NC(=O)Cn3cc([N+](=O)[O-])cn3)ccc2c1Cl. The van der Waals surface area contributed by atoms with Gasteiger partial charge in [0.2, 0.25) is 5.91 Å². The molecule has 3 aromatic rings. The third-order valence-corrected chi connectivity index (χ3v) is 5.06. The molecule has 2 heterocycles. The minimum atomic E-state index is -0.589. The lowest BCUT2D eigenvalue weighted by Crippen LogP contribution is -2.18. The number of halogens is 1. The van der Waals surface area contributed by atoms with E-state index in [0.717, 1.165) is 17.5 Å². The molecule has 0 aliphatic carbocycles. The van der Waals surface area contributed by atoms with Crippen molar-refractivity contribution in [1.82, 2.24) is 9.78 Å². The Hall–Kier alpha value is -2.98. The van der Waals surface area contributed by atoms with Gasteiger partial charge >= 0.3 is 11.7 Å². The zero-order chi connectivity index (χ0) is 18.8. The van der Waals surface area contributed by atoms with E-state index < -0.39 is 16.8 Å². The van der Waals surface area contributed by atoms with Crippen LogP contribution >= 0.6 is 22.9 Å². The molecule has 0 saturated heterocycles. The maximum atomic E-state index is 12.1. The lowest BCUT2D eigenvalue weighted by atomic mass is 10.2. The Kier molecular flexibility index (Phi) is 4.87. The van der Waals surface area contributed by atoms with Crippen molar-refractivity contribution in [3.63, 3.8) is 0 Å². The predicted octanol–water partition coefficient (Wildman–Crippen LogP) is 3.08. The standard InChI is InChI=1S/C15H11ClN4O5S/c1-25-15(22)14-13(16)10-3-2-8(4-11(10)26-14)18-12(21)7-19-6-9(5-17-19)20(23)24/h2-6H,7H2,1H3,(H,18,21). The van der Waals surface area contributed by atoms with Crippen LogP contribution in [0.5, 0.6) is 0 Å². The van der Waals surface area contributed by atoms with Crippen molar-refractivity contribution in [2.45, 2.75) is 6.54 Å². The number of carbonyl (C=O) groups is 2. The highest BCUT2D eigenvalue weighted by Crippen LogP contribution is 2.37. The Morgan fingerprint density at radius 2 is 2.23 bits per heavy atom. The zero-order valence-electron chi connectivity index (χ0n) is 13.3. The second-order valence-electron chi connectivity index (χ2n) is 5.15. The highest BCUT2D eigenvalue weighted by Gasteiger charge is 2.18. The molecule has 134 valence electrons. The van der Waals surface area contributed by atoms with Crippen molar-refractivity contribution in [2.24, 2.45) is 0 Å². The molecule has 9 nitrogen and oxygen atoms in total. The third kappa shape index (κ3) is 3.51. The van der Waals surface area contributed by atoms with Gasteiger partial charge in [0.1, 0.15) is 23.8 Å². The number of ether oxygens (including phenoxy) is 1. The number of esters is 1. The van der Waals surface area contributed by atoms with Gasteiger partial charge in [-0.1, -0.05) is 11.6 Å². The molecule has 1 N–H and O–H groups in total. The molecule has 1 amide bonds. The van der Waals surface area contributed by atoms with Gasteiger partial charge in [0.25, 0.3) is 0 Å². The number of nitro groups is 1. The summed E-state index contributed by atoms with van der Waals surface area (Å²) < 4.78 is 6.57. The first-order valence-electron chi connectivity index (χ1n) is 7.16. The van der Waals surface area contributed by atoms with E-state index in [0.29, 0.717) is 20.8 Å². The molecular formula is C15H11ClN4O5S. The number of thiophene rings is 1. The number of nitrogens with zero attached hydrogens (tertiary/aromatic N) is 3.